The molecule has 0 saturated carbocycles. The molecule has 0 aliphatic carbocycles. The van der Waals surface area contributed by atoms with Crippen molar-refractivity contribution in [2.24, 2.45) is 0 Å². The van der Waals surface area contributed by atoms with E-state index in [-0.39, 0.29) is 0 Å². The molecule has 0 unspecified atom stereocenters. The SMILES string of the molecule is C/C=C\C=C/c1c[nH]c2nc(C)ccc12. The molecule has 0 aromatic carbocycles. The van der Waals surface area contributed by atoms with E-state index in [2.05, 4.69) is 22.1 Å². The summed E-state index contributed by atoms with van der Waals surface area (Å²) in [4.78, 5) is 7.59. The molecule has 0 aliphatic heterocycles. The van der Waals surface area contributed by atoms with Crippen molar-refractivity contribution in [3.8, 4) is 0 Å². The summed E-state index contributed by atoms with van der Waals surface area (Å²) in [5, 5.41) is 1.17. The minimum absolute atomic E-state index is 0.954. The first-order valence-electron chi connectivity index (χ1n) is 5.05. The van der Waals surface area contributed by atoms with Crippen LogP contribution in [0.15, 0.2) is 36.6 Å². The van der Waals surface area contributed by atoms with Crippen molar-refractivity contribution in [2.75, 3.05) is 0 Å². The van der Waals surface area contributed by atoms with Crippen molar-refractivity contribution in [2.45, 2.75) is 13.8 Å². The van der Waals surface area contributed by atoms with Crippen molar-refractivity contribution in [1.82, 2.24) is 9.97 Å². The van der Waals surface area contributed by atoms with Crippen LogP contribution in [0.5, 0.6) is 0 Å². The van der Waals surface area contributed by atoms with Crippen LogP contribution in [0.3, 0.4) is 0 Å². The van der Waals surface area contributed by atoms with Gasteiger partial charge >= 0.3 is 0 Å². The number of nitrogens with zero attached hydrogens (tertiary/aromatic N) is 1. The third kappa shape index (κ3) is 1.99. The van der Waals surface area contributed by atoms with Gasteiger partial charge in [0.1, 0.15) is 5.65 Å². The number of nitrogens with one attached hydrogen (secondary N) is 1. The van der Waals surface area contributed by atoms with E-state index >= 15 is 0 Å². The minimum Gasteiger partial charge on any atom is -0.346 e. The lowest BCUT2D eigenvalue weighted by Gasteiger charge is -1.92. The Morgan fingerprint density at radius 3 is 2.93 bits per heavy atom. The molecule has 1 N–H and O–H groups in total. The molecule has 0 spiro atoms. The highest BCUT2D eigenvalue weighted by atomic mass is 14.8. The molecular weight excluding hydrogens is 184 g/mol. The second kappa shape index (κ2) is 4.13. The zero-order valence-corrected chi connectivity index (χ0v) is 8.99. The number of pyridine rings is 1. The summed E-state index contributed by atoms with van der Waals surface area (Å²) >= 11 is 0. The molecule has 0 radical (unpaired) electrons. The van der Waals surface area contributed by atoms with Crippen LogP contribution in [0.4, 0.5) is 0 Å². The summed E-state index contributed by atoms with van der Waals surface area (Å²) in [6.45, 7) is 4.00. The molecule has 2 aromatic rings. The van der Waals surface area contributed by atoms with Gasteiger partial charge in [-0.25, -0.2) is 4.98 Å². The Morgan fingerprint density at radius 1 is 1.27 bits per heavy atom. The third-order valence-corrected chi connectivity index (χ3v) is 2.29. The van der Waals surface area contributed by atoms with Gasteiger partial charge in [0, 0.05) is 22.8 Å². The van der Waals surface area contributed by atoms with E-state index in [0.717, 1.165) is 11.3 Å². The van der Waals surface area contributed by atoms with Crippen LogP contribution in [0.25, 0.3) is 17.1 Å². The quantitative estimate of drug-likeness (QED) is 0.735. The normalized spacial score (nSPS) is 12.1. The zero-order chi connectivity index (χ0) is 10.7. The van der Waals surface area contributed by atoms with E-state index in [0.29, 0.717) is 0 Å². The first-order valence-corrected chi connectivity index (χ1v) is 5.05. The van der Waals surface area contributed by atoms with Gasteiger partial charge in [-0.05, 0) is 26.0 Å². The van der Waals surface area contributed by atoms with Gasteiger partial charge in [0.2, 0.25) is 0 Å². The van der Waals surface area contributed by atoms with Crippen molar-refractivity contribution >= 4 is 17.1 Å². The summed E-state index contributed by atoms with van der Waals surface area (Å²) in [6.07, 6.45) is 10.1. The van der Waals surface area contributed by atoms with Crippen LogP contribution in [0.1, 0.15) is 18.2 Å². The molecule has 2 rings (SSSR count). The molecule has 2 aromatic heterocycles. The largest absolute Gasteiger partial charge is 0.346 e. The molecule has 0 atom stereocenters. The van der Waals surface area contributed by atoms with Gasteiger partial charge in [-0.15, -0.1) is 0 Å². The molecule has 0 amide bonds. The number of aromatic amines is 1. The predicted molar refractivity (Wildman–Crippen MR) is 64.7 cm³/mol. The number of aromatic nitrogens is 2. The molecule has 0 aliphatic rings. The Hall–Kier alpha value is -1.83. The fourth-order valence-corrected chi connectivity index (χ4v) is 1.53. The zero-order valence-electron chi connectivity index (χ0n) is 8.99. The lowest BCUT2D eigenvalue weighted by atomic mass is 10.2. The number of H-pyrrole nitrogens is 1. The number of fused-ring (bicyclic) bond motifs is 1. The monoisotopic (exact) mass is 198 g/mol. The summed E-state index contributed by atoms with van der Waals surface area (Å²) in [7, 11) is 0. The average molecular weight is 198 g/mol. The van der Waals surface area contributed by atoms with Crippen molar-refractivity contribution in [3.63, 3.8) is 0 Å². The Balaban J connectivity index is 2.45. The topological polar surface area (TPSA) is 28.7 Å². The van der Waals surface area contributed by atoms with Crippen molar-refractivity contribution in [1.29, 1.82) is 0 Å². The third-order valence-electron chi connectivity index (χ3n) is 2.29. The van der Waals surface area contributed by atoms with Crippen LogP contribution < -0.4 is 0 Å². The highest BCUT2D eigenvalue weighted by Crippen LogP contribution is 2.17. The van der Waals surface area contributed by atoms with Crippen LogP contribution in [0, 0.1) is 6.92 Å². The maximum absolute atomic E-state index is 4.42. The molecule has 0 saturated heterocycles. The number of aryl methyl sites for hydroxylation is 1. The molecule has 15 heavy (non-hydrogen) atoms. The van der Waals surface area contributed by atoms with Gasteiger partial charge in [0.15, 0.2) is 0 Å². The van der Waals surface area contributed by atoms with Crippen LogP contribution in [0.2, 0.25) is 0 Å². The molecule has 2 nitrogen and oxygen atoms in total. The Bertz CT molecular complexity index is 518. The number of allylic oxidation sites excluding steroid dienone is 3. The van der Waals surface area contributed by atoms with Gasteiger partial charge in [0.05, 0.1) is 0 Å². The first kappa shape index (κ1) is 9.71. The van der Waals surface area contributed by atoms with Crippen LogP contribution in [-0.2, 0) is 0 Å². The predicted octanol–water partition coefficient (Wildman–Crippen LogP) is 3.46. The second-order valence-electron chi connectivity index (χ2n) is 3.48. The van der Waals surface area contributed by atoms with Gasteiger partial charge < -0.3 is 4.98 Å². The fraction of sp³-hybridized carbons (Fsp3) is 0.154. The highest BCUT2D eigenvalue weighted by molar-refractivity contribution is 5.86. The van der Waals surface area contributed by atoms with Crippen LogP contribution >= 0.6 is 0 Å². The Morgan fingerprint density at radius 2 is 2.13 bits per heavy atom. The molecule has 2 heteroatoms. The standard InChI is InChI=1S/C13H14N2/c1-3-4-5-6-11-9-14-13-12(11)8-7-10(2)15-13/h3-9H,1-2H3,(H,14,15)/b4-3-,6-5-. The number of hydrogen-bond acceptors (Lipinski definition) is 1. The van der Waals surface area contributed by atoms with Gasteiger partial charge in [-0.3, -0.25) is 0 Å². The highest BCUT2D eigenvalue weighted by Gasteiger charge is 2.00. The average Bonchev–Trinajstić information content (AvgIpc) is 2.61. The van der Waals surface area contributed by atoms with E-state index in [1.54, 1.807) is 0 Å². The van der Waals surface area contributed by atoms with E-state index < -0.39 is 0 Å². The van der Waals surface area contributed by atoms with E-state index in [1.807, 2.05) is 44.3 Å². The van der Waals surface area contributed by atoms with Crippen molar-refractivity contribution in [3.05, 3.63) is 47.8 Å². The summed E-state index contributed by atoms with van der Waals surface area (Å²) in [5.41, 5.74) is 3.17. The summed E-state index contributed by atoms with van der Waals surface area (Å²) in [5.74, 6) is 0. The lowest BCUT2D eigenvalue weighted by Crippen LogP contribution is -1.80. The number of rotatable bonds is 2. The smallest absolute Gasteiger partial charge is 0.138 e. The van der Waals surface area contributed by atoms with E-state index in [1.165, 1.54) is 10.9 Å². The maximum Gasteiger partial charge on any atom is 0.138 e. The first-order chi connectivity index (χ1) is 7.31. The maximum atomic E-state index is 4.42. The Kier molecular flexibility index (Phi) is 2.68. The number of hydrogen-bond donors (Lipinski definition) is 1. The molecule has 2 heterocycles. The van der Waals surface area contributed by atoms with Gasteiger partial charge in [-0.2, -0.15) is 0 Å². The van der Waals surface area contributed by atoms with E-state index in [9.17, 15) is 0 Å². The molecule has 0 fully saturated rings. The second-order valence-corrected chi connectivity index (χ2v) is 3.48. The van der Waals surface area contributed by atoms with Gasteiger partial charge in [-0.1, -0.05) is 24.3 Å². The molecule has 76 valence electrons. The lowest BCUT2D eigenvalue weighted by molar-refractivity contribution is 1.22. The fourth-order valence-electron chi connectivity index (χ4n) is 1.53. The minimum atomic E-state index is 0.954. The van der Waals surface area contributed by atoms with Crippen molar-refractivity contribution < 1.29 is 0 Å². The molecular formula is C13H14N2. The Labute approximate surface area is 89.4 Å². The van der Waals surface area contributed by atoms with Crippen LogP contribution in [-0.4, -0.2) is 9.97 Å². The molecule has 0 bridgehead atoms. The summed E-state index contributed by atoms with van der Waals surface area (Å²) in [6, 6.07) is 4.13. The van der Waals surface area contributed by atoms with Gasteiger partial charge in [0.25, 0.3) is 0 Å². The summed E-state index contributed by atoms with van der Waals surface area (Å²) < 4.78 is 0. The van der Waals surface area contributed by atoms with E-state index in [4.69, 9.17) is 0 Å².